The van der Waals surface area contributed by atoms with E-state index in [1.54, 1.807) is 6.92 Å². The lowest BCUT2D eigenvalue weighted by atomic mass is 10.2. The van der Waals surface area contributed by atoms with Crippen molar-refractivity contribution in [2.45, 2.75) is 36.7 Å². The van der Waals surface area contributed by atoms with Crippen LogP contribution in [0, 0.1) is 0 Å². The van der Waals surface area contributed by atoms with Crippen molar-refractivity contribution < 1.29 is 13.2 Å². The molecular weight excluding hydrogens is 200 g/mol. The van der Waals surface area contributed by atoms with Crippen LogP contribution in [0.3, 0.4) is 0 Å². The van der Waals surface area contributed by atoms with Gasteiger partial charge in [0, 0.05) is 17.2 Å². The van der Waals surface area contributed by atoms with E-state index < -0.39 is 23.4 Å². The van der Waals surface area contributed by atoms with Gasteiger partial charge in [0.25, 0.3) is 0 Å². The minimum Gasteiger partial charge on any atom is -0.171 e. The molecule has 0 radical (unpaired) electrons. The van der Waals surface area contributed by atoms with Gasteiger partial charge in [0.15, 0.2) is 0 Å². The fourth-order valence-corrected chi connectivity index (χ4v) is 0.766. The second-order valence-electron chi connectivity index (χ2n) is 2.35. The fourth-order valence-electron chi connectivity index (χ4n) is 0.531. The van der Waals surface area contributed by atoms with Crippen molar-refractivity contribution in [3.63, 3.8) is 0 Å². The first kappa shape index (κ1) is 11.4. The topological polar surface area (TPSA) is 0 Å². The van der Waals surface area contributed by atoms with Gasteiger partial charge in [0.2, 0.25) is 0 Å². The molecule has 5 heteroatoms. The van der Waals surface area contributed by atoms with Gasteiger partial charge in [-0.15, -0.1) is 23.2 Å². The molecule has 0 aromatic rings. The molecule has 2 unspecified atom stereocenters. The summed E-state index contributed by atoms with van der Waals surface area (Å²) in [6, 6.07) is 0. The molecule has 0 aliphatic heterocycles. The van der Waals surface area contributed by atoms with Crippen LogP contribution in [-0.2, 0) is 0 Å². The highest BCUT2D eigenvalue weighted by molar-refractivity contribution is 6.29. The molecule has 0 N–H and O–H groups in total. The third-order valence-corrected chi connectivity index (χ3v) is 2.23. The maximum Gasteiger partial charge on any atom is 0.389 e. The van der Waals surface area contributed by atoms with E-state index in [0.29, 0.717) is 0 Å². The molecule has 0 aromatic heterocycles. The first-order chi connectivity index (χ1) is 4.83. The van der Waals surface area contributed by atoms with Gasteiger partial charge >= 0.3 is 6.18 Å². The van der Waals surface area contributed by atoms with Gasteiger partial charge < -0.3 is 0 Å². The Morgan fingerprint density at radius 2 is 1.73 bits per heavy atom. The van der Waals surface area contributed by atoms with Gasteiger partial charge in [-0.3, -0.25) is 0 Å². The lowest BCUT2D eigenvalue weighted by molar-refractivity contribution is -0.135. The first-order valence-corrected chi connectivity index (χ1v) is 4.05. The Kier molecular flexibility index (Phi) is 4.56. The van der Waals surface area contributed by atoms with E-state index in [-0.39, 0.29) is 6.42 Å². The predicted octanol–water partition coefficient (Wildman–Crippen LogP) is 3.56. The fraction of sp³-hybridized carbons (Fsp3) is 1.00. The number of hydrogen-bond donors (Lipinski definition) is 0. The third kappa shape index (κ3) is 6.76. The molecule has 0 spiro atoms. The van der Waals surface area contributed by atoms with Crippen LogP contribution in [0.1, 0.15) is 19.8 Å². The summed E-state index contributed by atoms with van der Waals surface area (Å²) in [6.45, 7) is 1.58. The molecule has 0 amide bonds. The van der Waals surface area contributed by atoms with Crippen molar-refractivity contribution in [2.24, 2.45) is 0 Å². The van der Waals surface area contributed by atoms with Gasteiger partial charge in [-0.25, -0.2) is 0 Å². The largest absolute Gasteiger partial charge is 0.389 e. The molecular formula is C6H9Cl2F3. The molecule has 11 heavy (non-hydrogen) atoms. The van der Waals surface area contributed by atoms with E-state index in [1.165, 1.54) is 0 Å². The molecule has 0 saturated heterocycles. The van der Waals surface area contributed by atoms with Crippen molar-refractivity contribution >= 4 is 23.2 Å². The van der Waals surface area contributed by atoms with Gasteiger partial charge in [0.1, 0.15) is 0 Å². The summed E-state index contributed by atoms with van der Waals surface area (Å²) in [4.78, 5) is 0. The van der Waals surface area contributed by atoms with E-state index in [4.69, 9.17) is 23.2 Å². The van der Waals surface area contributed by atoms with Crippen LogP contribution in [-0.4, -0.2) is 16.9 Å². The first-order valence-electron chi connectivity index (χ1n) is 3.18. The van der Waals surface area contributed by atoms with E-state index in [2.05, 4.69) is 0 Å². The van der Waals surface area contributed by atoms with E-state index in [9.17, 15) is 13.2 Å². The predicted molar refractivity (Wildman–Crippen MR) is 40.2 cm³/mol. The molecule has 0 saturated carbocycles. The van der Waals surface area contributed by atoms with Gasteiger partial charge in [-0.1, -0.05) is 0 Å². The Labute approximate surface area is 73.7 Å². The summed E-state index contributed by atoms with van der Waals surface area (Å²) >= 11 is 10.9. The summed E-state index contributed by atoms with van der Waals surface area (Å²) in [5.41, 5.74) is 0. The Morgan fingerprint density at radius 3 is 2.00 bits per heavy atom. The molecule has 68 valence electrons. The summed E-state index contributed by atoms with van der Waals surface area (Å²) in [7, 11) is 0. The highest BCUT2D eigenvalue weighted by atomic mass is 35.5. The van der Waals surface area contributed by atoms with Gasteiger partial charge in [0.05, 0.1) is 0 Å². The zero-order valence-electron chi connectivity index (χ0n) is 5.96. The minimum atomic E-state index is -4.13. The molecule has 0 aliphatic carbocycles. The van der Waals surface area contributed by atoms with Crippen LogP contribution < -0.4 is 0 Å². The second-order valence-corrected chi connectivity index (χ2v) is 3.60. The Morgan fingerprint density at radius 1 is 1.27 bits per heavy atom. The number of alkyl halides is 5. The minimum absolute atomic E-state index is 0.115. The lowest BCUT2D eigenvalue weighted by Crippen LogP contribution is -2.16. The van der Waals surface area contributed by atoms with E-state index in [1.807, 2.05) is 0 Å². The highest BCUT2D eigenvalue weighted by Gasteiger charge is 2.28. The molecule has 0 nitrogen and oxygen atoms in total. The Bertz CT molecular complexity index is 111. The molecule has 2 atom stereocenters. The molecule has 0 bridgehead atoms. The molecule has 0 heterocycles. The summed E-state index contributed by atoms with van der Waals surface area (Å²) in [5.74, 6) is 0. The SMILES string of the molecule is CC(Cl)C(Cl)CCC(F)(F)F. The maximum atomic E-state index is 11.6. The van der Waals surface area contributed by atoms with E-state index >= 15 is 0 Å². The molecule has 0 fully saturated rings. The zero-order valence-corrected chi connectivity index (χ0v) is 7.47. The van der Waals surface area contributed by atoms with Crippen LogP contribution in [0.25, 0.3) is 0 Å². The van der Waals surface area contributed by atoms with Crippen molar-refractivity contribution in [1.29, 1.82) is 0 Å². The normalized spacial score (nSPS) is 18.0. The van der Waals surface area contributed by atoms with Crippen LogP contribution in [0.4, 0.5) is 13.2 Å². The quantitative estimate of drug-likeness (QED) is 0.623. The maximum absolute atomic E-state index is 11.6. The van der Waals surface area contributed by atoms with Crippen LogP contribution in [0.2, 0.25) is 0 Å². The van der Waals surface area contributed by atoms with Gasteiger partial charge in [-0.05, 0) is 13.3 Å². The lowest BCUT2D eigenvalue weighted by Gasteiger charge is -2.12. The van der Waals surface area contributed by atoms with E-state index in [0.717, 1.165) is 0 Å². The van der Waals surface area contributed by atoms with Crippen molar-refractivity contribution in [3.8, 4) is 0 Å². The average molecular weight is 209 g/mol. The third-order valence-electron chi connectivity index (χ3n) is 1.20. The molecule has 0 aliphatic rings. The van der Waals surface area contributed by atoms with Gasteiger partial charge in [-0.2, -0.15) is 13.2 Å². The number of hydrogen-bond acceptors (Lipinski definition) is 0. The highest BCUT2D eigenvalue weighted by Crippen LogP contribution is 2.25. The second kappa shape index (κ2) is 4.41. The van der Waals surface area contributed by atoms with Crippen molar-refractivity contribution in [1.82, 2.24) is 0 Å². The summed E-state index contributed by atoms with van der Waals surface area (Å²) < 4.78 is 34.7. The monoisotopic (exact) mass is 208 g/mol. The standard InChI is InChI=1S/C6H9Cl2F3/c1-4(7)5(8)2-3-6(9,10)11/h4-5H,2-3H2,1H3. The Balaban J connectivity index is 3.54. The smallest absolute Gasteiger partial charge is 0.171 e. The number of halogens is 5. The van der Waals surface area contributed by atoms with Crippen molar-refractivity contribution in [2.75, 3.05) is 0 Å². The van der Waals surface area contributed by atoms with Crippen LogP contribution >= 0.6 is 23.2 Å². The summed E-state index contributed by atoms with van der Waals surface area (Å²) in [6.07, 6.45) is -5.10. The number of rotatable bonds is 3. The Hall–Kier alpha value is 0.370. The molecule has 0 rings (SSSR count). The average Bonchev–Trinajstić information content (AvgIpc) is 1.80. The molecule has 0 aromatic carbocycles. The van der Waals surface area contributed by atoms with Crippen molar-refractivity contribution in [3.05, 3.63) is 0 Å². The van der Waals surface area contributed by atoms with Crippen LogP contribution in [0.5, 0.6) is 0 Å². The summed E-state index contributed by atoms with van der Waals surface area (Å²) in [5, 5.41) is -1.02. The zero-order chi connectivity index (χ0) is 9.07. The van der Waals surface area contributed by atoms with Crippen LogP contribution in [0.15, 0.2) is 0 Å².